The van der Waals surface area contributed by atoms with Crippen molar-refractivity contribution in [1.29, 1.82) is 0 Å². The van der Waals surface area contributed by atoms with Gasteiger partial charge in [0.1, 0.15) is 5.78 Å². The maximum absolute atomic E-state index is 12.9. The van der Waals surface area contributed by atoms with Crippen LogP contribution in [0.5, 0.6) is 0 Å². The molecule has 1 fully saturated rings. The van der Waals surface area contributed by atoms with Crippen molar-refractivity contribution in [1.82, 2.24) is 0 Å². The minimum absolute atomic E-state index is 0.0430. The minimum atomic E-state index is -3.58. The van der Waals surface area contributed by atoms with Gasteiger partial charge in [-0.25, -0.2) is 3.63 Å². The summed E-state index contributed by atoms with van der Waals surface area (Å²) in [6, 6.07) is 0. The van der Waals surface area contributed by atoms with Crippen LogP contribution in [0.2, 0.25) is 0 Å². The Kier molecular flexibility index (Phi) is 8.77. The summed E-state index contributed by atoms with van der Waals surface area (Å²) in [7, 11) is -5.59. The van der Waals surface area contributed by atoms with Crippen molar-refractivity contribution in [3.8, 4) is 0 Å². The van der Waals surface area contributed by atoms with E-state index < -0.39 is 20.4 Å². The first-order valence-electron chi connectivity index (χ1n) is 9.39. The third-order valence-corrected chi connectivity index (χ3v) is 11.6. The summed E-state index contributed by atoms with van der Waals surface area (Å²) in [6.07, 6.45) is 6.74. The molecule has 0 aromatic rings. The Hall–Kier alpha value is -0.0700. The lowest BCUT2D eigenvalue weighted by Gasteiger charge is -2.45. The lowest BCUT2D eigenvalue weighted by molar-refractivity contribution is -0.121. The predicted octanol–water partition coefficient (Wildman–Crippen LogP) is 4.82. The molecule has 0 aromatic carbocycles. The van der Waals surface area contributed by atoms with Gasteiger partial charge in [0.2, 0.25) is 0 Å². The van der Waals surface area contributed by atoms with Gasteiger partial charge in [-0.2, -0.15) is 8.42 Å². The molecule has 1 rings (SSSR count). The van der Waals surface area contributed by atoms with Crippen LogP contribution in [-0.2, 0) is 18.5 Å². The molecule has 6 heteroatoms. The monoisotopic (exact) mass is 380 g/mol. The summed E-state index contributed by atoms with van der Waals surface area (Å²) in [6.45, 7) is 9.96. The Morgan fingerprint density at radius 2 is 1.58 bits per heavy atom. The molecule has 1 aliphatic rings. The number of Topliss-reactive ketones (excluding diaryl/α,β-unsaturated/α-hetero) is 1. The third-order valence-electron chi connectivity index (χ3n) is 5.00. The highest BCUT2D eigenvalue weighted by Crippen LogP contribution is 2.59. The molecule has 1 saturated carbocycles. The maximum Gasteiger partial charge on any atom is 0.276 e. The topological polar surface area (TPSA) is 60.4 Å². The van der Waals surface area contributed by atoms with E-state index in [1.54, 1.807) is 0 Å². The van der Waals surface area contributed by atoms with Crippen molar-refractivity contribution < 1.29 is 16.8 Å². The number of unbranched alkanes of at least 4 members (excludes halogenated alkanes) is 1. The average molecular weight is 381 g/mol. The normalized spacial score (nSPS) is 18.3. The fraction of sp³-hybridized carbons (Fsp3) is 0.944. The van der Waals surface area contributed by atoms with Gasteiger partial charge in [0.05, 0.1) is 11.5 Å². The van der Waals surface area contributed by atoms with E-state index in [9.17, 15) is 13.2 Å². The fourth-order valence-electron chi connectivity index (χ4n) is 3.37. The van der Waals surface area contributed by atoms with E-state index >= 15 is 0 Å². The van der Waals surface area contributed by atoms with Gasteiger partial charge in [-0.1, -0.05) is 60.3 Å². The van der Waals surface area contributed by atoms with Crippen molar-refractivity contribution in [3.05, 3.63) is 0 Å². The minimum Gasteiger partial charge on any atom is -0.298 e. The van der Waals surface area contributed by atoms with Crippen LogP contribution >= 0.6 is 10.3 Å². The Labute approximate surface area is 150 Å². The van der Waals surface area contributed by atoms with Crippen molar-refractivity contribution in [2.24, 2.45) is 5.92 Å². The first-order valence-corrected chi connectivity index (χ1v) is 12.8. The fourth-order valence-corrected chi connectivity index (χ4v) is 9.72. The van der Waals surface area contributed by atoms with Crippen LogP contribution in [0.15, 0.2) is 0 Å². The molecule has 24 heavy (non-hydrogen) atoms. The zero-order valence-corrected chi connectivity index (χ0v) is 17.7. The third kappa shape index (κ3) is 6.03. The van der Waals surface area contributed by atoms with Gasteiger partial charge >= 0.3 is 0 Å². The van der Waals surface area contributed by atoms with Crippen LogP contribution in [0.1, 0.15) is 79.6 Å². The van der Waals surface area contributed by atoms with E-state index in [0.29, 0.717) is 12.2 Å². The van der Waals surface area contributed by atoms with Gasteiger partial charge < -0.3 is 0 Å². The lowest BCUT2D eigenvalue weighted by atomic mass is 9.87. The van der Waals surface area contributed by atoms with E-state index in [2.05, 4.69) is 0 Å². The van der Waals surface area contributed by atoms with Crippen LogP contribution in [0.25, 0.3) is 0 Å². The van der Waals surface area contributed by atoms with Crippen LogP contribution in [-0.4, -0.2) is 36.2 Å². The highest BCUT2D eigenvalue weighted by atomic mass is 32.3. The number of rotatable bonds is 10. The molecule has 0 saturated heterocycles. The molecule has 0 atom stereocenters. The smallest absolute Gasteiger partial charge is 0.276 e. The largest absolute Gasteiger partial charge is 0.298 e. The molecule has 0 aliphatic heterocycles. The molecule has 0 heterocycles. The lowest BCUT2D eigenvalue weighted by Crippen LogP contribution is -2.35. The van der Waals surface area contributed by atoms with Crippen LogP contribution in [0.3, 0.4) is 0 Å². The zero-order valence-electron chi connectivity index (χ0n) is 16.0. The summed E-state index contributed by atoms with van der Waals surface area (Å²) >= 11 is 0. The highest BCUT2D eigenvalue weighted by molar-refractivity contribution is 8.34. The molecular formula is C18H36O4S2. The van der Waals surface area contributed by atoms with E-state index in [0.717, 1.165) is 32.1 Å². The molecule has 0 amide bonds. The van der Waals surface area contributed by atoms with Gasteiger partial charge in [0.25, 0.3) is 10.1 Å². The molecule has 1 aliphatic carbocycles. The maximum atomic E-state index is 12.9. The zero-order chi connectivity index (χ0) is 18.4. The van der Waals surface area contributed by atoms with Crippen molar-refractivity contribution in [3.63, 3.8) is 0 Å². The van der Waals surface area contributed by atoms with Crippen molar-refractivity contribution in [2.75, 3.05) is 11.5 Å². The summed E-state index contributed by atoms with van der Waals surface area (Å²) in [4.78, 5) is 12.9. The van der Waals surface area contributed by atoms with Crippen LogP contribution < -0.4 is 0 Å². The molecule has 0 unspecified atom stereocenters. The molecule has 0 spiro atoms. The van der Waals surface area contributed by atoms with Gasteiger partial charge in [-0.15, -0.1) is 10.3 Å². The number of hydrogen-bond donors (Lipinski definition) is 0. The SMILES string of the molecule is CCCCS(=O)(=O)OS(CC(=O)C1CCCCC1)(C(C)C)C(C)C. The van der Waals surface area contributed by atoms with Crippen LogP contribution in [0.4, 0.5) is 0 Å². The first kappa shape index (κ1) is 22.0. The summed E-state index contributed by atoms with van der Waals surface area (Å²) in [5.74, 6) is 0.663. The molecule has 4 nitrogen and oxygen atoms in total. The highest BCUT2D eigenvalue weighted by Gasteiger charge is 2.40. The predicted molar refractivity (Wildman–Crippen MR) is 104 cm³/mol. The second kappa shape index (κ2) is 9.58. The number of ketones is 1. The molecule has 144 valence electrons. The molecule has 0 N–H and O–H groups in total. The van der Waals surface area contributed by atoms with E-state index in [4.69, 9.17) is 3.63 Å². The van der Waals surface area contributed by atoms with Gasteiger partial charge in [0, 0.05) is 16.4 Å². The Morgan fingerprint density at radius 1 is 1.04 bits per heavy atom. The van der Waals surface area contributed by atoms with E-state index in [-0.39, 0.29) is 28.0 Å². The number of carbonyl (C=O) groups is 1. The molecule has 0 radical (unpaired) electrons. The van der Waals surface area contributed by atoms with Gasteiger partial charge in [-0.3, -0.25) is 4.79 Å². The van der Waals surface area contributed by atoms with E-state index in [1.165, 1.54) is 6.42 Å². The van der Waals surface area contributed by atoms with Crippen molar-refractivity contribution >= 4 is 26.2 Å². The first-order chi connectivity index (χ1) is 11.1. The second-order valence-electron chi connectivity index (χ2n) is 7.51. The quantitative estimate of drug-likeness (QED) is 0.545. The molecule has 0 aromatic heterocycles. The summed E-state index contributed by atoms with van der Waals surface area (Å²) in [5, 5.41) is 0.0860. The number of hydrogen-bond acceptors (Lipinski definition) is 4. The molecular weight excluding hydrogens is 344 g/mol. The summed E-state index contributed by atoms with van der Waals surface area (Å²) < 4.78 is 30.8. The second-order valence-corrected chi connectivity index (χ2v) is 13.3. The standard InChI is InChI=1S/C18H36O4S2/c1-6-7-13-24(20,21)22-23(15(2)3,16(4)5)14-18(19)17-11-9-8-10-12-17/h15-17H,6-14H2,1-5H3. The van der Waals surface area contributed by atoms with Gasteiger partial charge in [-0.05, 0) is 19.3 Å². The Bertz CT molecular complexity index is 483. The Balaban J connectivity index is 2.99. The van der Waals surface area contributed by atoms with E-state index in [1.807, 2.05) is 34.6 Å². The number of carbonyl (C=O) groups excluding carboxylic acids is 1. The van der Waals surface area contributed by atoms with Crippen molar-refractivity contribution in [2.45, 2.75) is 90.1 Å². The van der Waals surface area contributed by atoms with Gasteiger partial charge in [0.15, 0.2) is 0 Å². The van der Waals surface area contributed by atoms with Crippen LogP contribution in [0, 0.1) is 5.92 Å². The average Bonchev–Trinajstić information content (AvgIpc) is 2.52. The Morgan fingerprint density at radius 3 is 2.04 bits per heavy atom. The summed E-state index contributed by atoms with van der Waals surface area (Å²) in [5.41, 5.74) is 0. The molecule has 0 bridgehead atoms.